The molecule has 1 heterocycles. The summed E-state index contributed by atoms with van der Waals surface area (Å²) >= 11 is 5.54. The average Bonchev–Trinajstić information content (AvgIpc) is 2.57. The first kappa shape index (κ1) is 14.5. The van der Waals surface area contributed by atoms with Crippen LogP contribution in [-0.4, -0.2) is 55.0 Å². The number of sulfone groups is 1. The molecule has 1 N–H and O–H groups in total. The first-order valence-electron chi connectivity index (χ1n) is 5.26. The number of halogens is 1. The molecule has 0 bridgehead atoms. The molecule has 17 heavy (non-hydrogen) atoms. The molecule has 0 aromatic rings. The minimum absolute atomic E-state index is 0.0375. The summed E-state index contributed by atoms with van der Waals surface area (Å²) < 4.78 is 22.7. The Balaban J connectivity index is 2.73. The summed E-state index contributed by atoms with van der Waals surface area (Å²) in [5.41, 5.74) is 2.20. The molecule has 0 aromatic carbocycles. The van der Waals surface area contributed by atoms with Crippen molar-refractivity contribution in [2.45, 2.75) is 19.4 Å². The van der Waals surface area contributed by atoms with E-state index in [4.69, 9.17) is 16.7 Å². The Labute approximate surface area is 106 Å². The molecule has 1 rings (SSSR count). The van der Waals surface area contributed by atoms with Crippen LogP contribution in [0, 0.1) is 0 Å². The number of carboxylic acids is 1. The molecule has 5 nitrogen and oxygen atoms in total. The maximum absolute atomic E-state index is 11.4. The van der Waals surface area contributed by atoms with E-state index in [2.05, 4.69) is 0 Å². The van der Waals surface area contributed by atoms with Gasteiger partial charge >= 0.3 is 5.97 Å². The fourth-order valence-corrected chi connectivity index (χ4v) is 3.74. The molecule has 1 fully saturated rings. The SMILES string of the molecule is CC(=CCl)CN(CC(=O)O)C1CCS(=O)(=O)C1. The van der Waals surface area contributed by atoms with Crippen LogP contribution >= 0.6 is 11.6 Å². The second-order valence-electron chi connectivity index (χ2n) is 4.31. The fourth-order valence-electron chi connectivity index (χ4n) is 1.91. The van der Waals surface area contributed by atoms with Gasteiger partial charge in [0.25, 0.3) is 0 Å². The summed E-state index contributed by atoms with van der Waals surface area (Å²) in [7, 11) is -3.01. The van der Waals surface area contributed by atoms with Crippen LogP contribution in [0.15, 0.2) is 11.1 Å². The lowest BCUT2D eigenvalue weighted by molar-refractivity contribution is -0.138. The van der Waals surface area contributed by atoms with Crippen LogP contribution in [0.5, 0.6) is 0 Å². The van der Waals surface area contributed by atoms with E-state index in [1.54, 1.807) is 11.8 Å². The molecule has 0 amide bonds. The Kier molecular flexibility index (Phi) is 4.97. The summed E-state index contributed by atoms with van der Waals surface area (Å²) in [6.07, 6.45) is 0.491. The minimum Gasteiger partial charge on any atom is -0.480 e. The summed E-state index contributed by atoms with van der Waals surface area (Å²) in [6.45, 7) is 2.00. The van der Waals surface area contributed by atoms with Crippen molar-refractivity contribution in [1.29, 1.82) is 0 Å². The fraction of sp³-hybridized carbons (Fsp3) is 0.700. The van der Waals surface area contributed by atoms with Crippen LogP contribution in [0.25, 0.3) is 0 Å². The summed E-state index contributed by atoms with van der Waals surface area (Å²) in [4.78, 5) is 12.4. The van der Waals surface area contributed by atoms with Crippen molar-refractivity contribution in [3.8, 4) is 0 Å². The molecule has 1 atom stereocenters. The summed E-state index contributed by atoms with van der Waals surface area (Å²) in [5, 5.41) is 8.82. The quantitative estimate of drug-likeness (QED) is 0.803. The highest BCUT2D eigenvalue weighted by Crippen LogP contribution is 2.18. The van der Waals surface area contributed by atoms with E-state index < -0.39 is 15.8 Å². The molecule has 1 aliphatic heterocycles. The van der Waals surface area contributed by atoms with Crippen molar-refractivity contribution in [1.82, 2.24) is 4.90 Å². The van der Waals surface area contributed by atoms with Crippen molar-refractivity contribution >= 4 is 27.4 Å². The number of carbonyl (C=O) groups is 1. The van der Waals surface area contributed by atoms with Gasteiger partial charge in [-0.05, 0) is 18.9 Å². The number of aliphatic carboxylic acids is 1. The van der Waals surface area contributed by atoms with Crippen LogP contribution in [0.1, 0.15) is 13.3 Å². The third-order valence-corrected chi connectivity index (χ3v) is 4.82. The van der Waals surface area contributed by atoms with Gasteiger partial charge in [-0.3, -0.25) is 9.69 Å². The largest absolute Gasteiger partial charge is 0.480 e. The lowest BCUT2D eigenvalue weighted by atomic mass is 10.2. The first-order chi connectivity index (χ1) is 7.84. The van der Waals surface area contributed by atoms with Crippen LogP contribution in [0.2, 0.25) is 0 Å². The van der Waals surface area contributed by atoms with Crippen molar-refractivity contribution in [3.63, 3.8) is 0 Å². The van der Waals surface area contributed by atoms with Crippen molar-refractivity contribution in [2.75, 3.05) is 24.6 Å². The van der Waals surface area contributed by atoms with Gasteiger partial charge in [-0.25, -0.2) is 8.42 Å². The first-order valence-corrected chi connectivity index (χ1v) is 7.52. The van der Waals surface area contributed by atoms with Crippen molar-refractivity contribution in [3.05, 3.63) is 11.1 Å². The lowest BCUT2D eigenvalue weighted by Gasteiger charge is -2.26. The Bertz CT molecular complexity index is 418. The van der Waals surface area contributed by atoms with E-state index >= 15 is 0 Å². The zero-order valence-electron chi connectivity index (χ0n) is 9.60. The van der Waals surface area contributed by atoms with Crippen molar-refractivity contribution in [2.24, 2.45) is 0 Å². The van der Waals surface area contributed by atoms with E-state index in [1.165, 1.54) is 5.54 Å². The normalized spacial score (nSPS) is 24.2. The number of hydrogen-bond donors (Lipinski definition) is 1. The summed E-state index contributed by atoms with van der Waals surface area (Å²) in [6, 6.07) is -0.220. The Hall–Kier alpha value is -0.590. The van der Waals surface area contributed by atoms with Crippen molar-refractivity contribution < 1.29 is 18.3 Å². The molecule has 1 saturated heterocycles. The molecule has 0 spiro atoms. The molecular weight excluding hydrogens is 266 g/mol. The Morgan fingerprint density at radius 3 is 2.59 bits per heavy atom. The molecule has 0 aromatic heterocycles. The molecule has 1 aliphatic rings. The molecule has 0 aliphatic carbocycles. The molecule has 0 saturated carbocycles. The number of nitrogens with zero attached hydrogens (tertiary/aromatic N) is 1. The Morgan fingerprint density at radius 2 is 2.18 bits per heavy atom. The number of rotatable bonds is 5. The van der Waals surface area contributed by atoms with Gasteiger partial charge in [0, 0.05) is 18.1 Å². The van der Waals surface area contributed by atoms with E-state index in [0.29, 0.717) is 13.0 Å². The van der Waals surface area contributed by atoms with Gasteiger partial charge in [-0.2, -0.15) is 0 Å². The molecule has 98 valence electrons. The third kappa shape index (κ3) is 4.65. The highest BCUT2D eigenvalue weighted by molar-refractivity contribution is 7.91. The number of carboxylic acid groups (broad SMARTS) is 1. The topological polar surface area (TPSA) is 74.7 Å². The van der Waals surface area contributed by atoms with Gasteiger partial charge in [-0.15, -0.1) is 0 Å². The highest BCUT2D eigenvalue weighted by Gasteiger charge is 2.32. The van der Waals surface area contributed by atoms with Crippen LogP contribution in [0.3, 0.4) is 0 Å². The zero-order chi connectivity index (χ0) is 13.1. The number of hydrogen-bond acceptors (Lipinski definition) is 4. The van der Waals surface area contributed by atoms with Gasteiger partial charge in [0.15, 0.2) is 9.84 Å². The molecule has 0 radical (unpaired) electrons. The lowest BCUT2D eigenvalue weighted by Crippen LogP contribution is -2.40. The standard InChI is InChI=1S/C10H16ClNO4S/c1-8(4-11)5-12(6-10(13)14)9-2-3-17(15,16)7-9/h4,9H,2-3,5-7H2,1H3,(H,13,14). The second kappa shape index (κ2) is 5.84. The van der Waals surface area contributed by atoms with Crippen LogP contribution in [0.4, 0.5) is 0 Å². The van der Waals surface area contributed by atoms with E-state index in [9.17, 15) is 13.2 Å². The smallest absolute Gasteiger partial charge is 0.317 e. The highest BCUT2D eigenvalue weighted by atomic mass is 35.5. The van der Waals surface area contributed by atoms with Gasteiger partial charge in [0.05, 0.1) is 18.1 Å². The predicted molar refractivity (Wildman–Crippen MR) is 65.9 cm³/mol. The van der Waals surface area contributed by atoms with E-state index in [-0.39, 0.29) is 24.1 Å². The minimum atomic E-state index is -3.01. The average molecular weight is 282 g/mol. The van der Waals surface area contributed by atoms with E-state index in [1.807, 2.05) is 0 Å². The predicted octanol–water partition coefficient (Wildman–Crippen LogP) is 0.703. The summed E-state index contributed by atoms with van der Waals surface area (Å²) in [5.74, 6) is -0.788. The van der Waals surface area contributed by atoms with Gasteiger partial charge < -0.3 is 5.11 Å². The maximum Gasteiger partial charge on any atom is 0.317 e. The zero-order valence-corrected chi connectivity index (χ0v) is 11.2. The Morgan fingerprint density at radius 1 is 1.53 bits per heavy atom. The molecular formula is C10H16ClNO4S. The second-order valence-corrected chi connectivity index (χ2v) is 6.76. The van der Waals surface area contributed by atoms with Crippen LogP contribution in [-0.2, 0) is 14.6 Å². The maximum atomic E-state index is 11.4. The van der Waals surface area contributed by atoms with Gasteiger partial charge in [0.2, 0.25) is 0 Å². The molecule has 7 heteroatoms. The molecule has 1 unspecified atom stereocenters. The van der Waals surface area contributed by atoms with Crippen LogP contribution < -0.4 is 0 Å². The third-order valence-electron chi connectivity index (χ3n) is 2.70. The van der Waals surface area contributed by atoms with E-state index in [0.717, 1.165) is 5.57 Å². The van der Waals surface area contributed by atoms with Gasteiger partial charge in [0.1, 0.15) is 0 Å². The van der Waals surface area contributed by atoms with Gasteiger partial charge in [-0.1, -0.05) is 11.6 Å². The monoisotopic (exact) mass is 281 g/mol.